The highest BCUT2D eigenvalue weighted by molar-refractivity contribution is 5.85. The Balaban J connectivity index is 0.00000576. The average Bonchev–Trinajstić information content (AvgIpc) is 2.51. The van der Waals surface area contributed by atoms with Crippen molar-refractivity contribution in [1.29, 1.82) is 0 Å². The lowest BCUT2D eigenvalue weighted by atomic mass is 9.70. The van der Waals surface area contributed by atoms with Gasteiger partial charge < -0.3 is 16.4 Å². The minimum absolute atomic E-state index is 0. The van der Waals surface area contributed by atoms with Crippen LogP contribution in [0.2, 0.25) is 0 Å². The van der Waals surface area contributed by atoms with Crippen LogP contribution in [0.15, 0.2) is 12.3 Å². The van der Waals surface area contributed by atoms with E-state index >= 15 is 0 Å². The van der Waals surface area contributed by atoms with Crippen LogP contribution >= 0.6 is 12.4 Å². The molecular formula is C20H40ClN3O. The summed E-state index contributed by atoms with van der Waals surface area (Å²) in [6.07, 6.45) is 4.44. The van der Waals surface area contributed by atoms with Gasteiger partial charge in [0.2, 0.25) is 5.91 Å². The van der Waals surface area contributed by atoms with Crippen LogP contribution in [0, 0.1) is 29.6 Å². The number of nitrogens with two attached hydrogens (primary N) is 1. The van der Waals surface area contributed by atoms with Crippen molar-refractivity contribution in [3.05, 3.63) is 12.3 Å². The molecule has 1 amide bonds. The fourth-order valence-corrected chi connectivity index (χ4v) is 3.97. The first kappa shape index (κ1) is 24.3. The van der Waals surface area contributed by atoms with E-state index in [0.29, 0.717) is 36.8 Å². The van der Waals surface area contributed by atoms with Gasteiger partial charge in [-0.2, -0.15) is 0 Å². The molecule has 1 aliphatic rings. The summed E-state index contributed by atoms with van der Waals surface area (Å²) in [4.78, 5) is 12.8. The number of carbonyl (C=O) groups excluding carboxylic acids is 1. The van der Waals surface area contributed by atoms with Crippen molar-refractivity contribution in [3.8, 4) is 0 Å². The Hall–Kier alpha value is -0.740. The van der Waals surface area contributed by atoms with E-state index in [-0.39, 0.29) is 30.3 Å². The van der Waals surface area contributed by atoms with E-state index in [0.717, 1.165) is 18.5 Å². The molecule has 0 saturated heterocycles. The standard InChI is InChI=1S/C20H39N3O.ClH/c1-13(2)9-17(23-16(6)11-21)12-22-20(24)19-10-15(5)7-8-18(19)14(3)4;/h13-15,17-19,23H,6-12,21H2,1-5H3,(H,22,24);1H/t15-,17+,18+,19-;/m1./s1. The Kier molecular flexibility index (Phi) is 11.4. The molecular weight excluding hydrogens is 334 g/mol. The maximum Gasteiger partial charge on any atom is 0.223 e. The predicted octanol–water partition coefficient (Wildman–Crippen LogP) is 3.71. The Morgan fingerprint density at radius 2 is 1.88 bits per heavy atom. The summed E-state index contributed by atoms with van der Waals surface area (Å²) in [5.41, 5.74) is 6.48. The maximum atomic E-state index is 12.8. The molecule has 1 rings (SSSR count). The number of carbonyl (C=O) groups is 1. The van der Waals surface area contributed by atoms with Crippen LogP contribution in [0.3, 0.4) is 0 Å². The van der Waals surface area contributed by atoms with Crippen LogP contribution in [0.25, 0.3) is 0 Å². The number of amides is 1. The Morgan fingerprint density at radius 1 is 1.24 bits per heavy atom. The Morgan fingerprint density at radius 3 is 2.40 bits per heavy atom. The number of nitrogens with one attached hydrogen (secondary N) is 2. The zero-order chi connectivity index (χ0) is 18.3. The Bertz CT molecular complexity index is 412. The molecule has 148 valence electrons. The lowest BCUT2D eigenvalue weighted by molar-refractivity contribution is -0.129. The van der Waals surface area contributed by atoms with Gasteiger partial charge in [0.25, 0.3) is 0 Å². The van der Waals surface area contributed by atoms with E-state index in [1.165, 1.54) is 12.8 Å². The molecule has 1 aliphatic carbocycles. The second-order valence-electron chi connectivity index (χ2n) is 8.46. The van der Waals surface area contributed by atoms with Gasteiger partial charge in [0, 0.05) is 30.7 Å². The van der Waals surface area contributed by atoms with Crippen LogP contribution < -0.4 is 16.4 Å². The van der Waals surface area contributed by atoms with Gasteiger partial charge in [-0.3, -0.25) is 4.79 Å². The van der Waals surface area contributed by atoms with Gasteiger partial charge in [-0.25, -0.2) is 0 Å². The largest absolute Gasteiger partial charge is 0.383 e. The first-order valence-corrected chi connectivity index (χ1v) is 9.66. The third kappa shape index (κ3) is 8.46. The monoisotopic (exact) mass is 373 g/mol. The maximum absolute atomic E-state index is 12.8. The molecule has 0 bridgehead atoms. The smallest absolute Gasteiger partial charge is 0.223 e. The molecule has 1 fully saturated rings. The molecule has 0 unspecified atom stereocenters. The van der Waals surface area contributed by atoms with E-state index in [1.807, 2.05) is 0 Å². The molecule has 0 aliphatic heterocycles. The highest BCUT2D eigenvalue weighted by atomic mass is 35.5. The second-order valence-corrected chi connectivity index (χ2v) is 8.46. The summed E-state index contributed by atoms with van der Waals surface area (Å²) in [7, 11) is 0. The molecule has 0 heterocycles. The lowest BCUT2D eigenvalue weighted by Crippen LogP contribution is -2.46. The van der Waals surface area contributed by atoms with Crippen LogP contribution in [-0.2, 0) is 4.79 Å². The lowest BCUT2D eigenvalue weighted by Gasteiger charge is -2.36. The van der Waals surface area contributed by atoms with E-state index in [4.69, 9.17) is 5.73 Å². The van der Waals surface area contributed by atoms with Gasteiger partial charge in [-0.15, -0.1) is 12.4 Å². The van der Waals surface area contributed by atoms with Crippen LogP contribution in [0.1, 0.15) is 60.3 Å². The second kappa shape index (κ2) is 11.8. The van der Waals surface area contributed by atoms with Gasteiger partial charge in [0.15, 0.2) is 0 Å². The fraction of sp³-hybridized carbons (Fsp3) is 0.850. The highest BCUT2D eigenvalue weighted by Crippen LogP contribution is 2.38. The molecule has 4 N–H and O–H groups in total. The third-order valence-electron chi connectivity index (χ3n) is 5.29. The molecule has 4 nitrogen and oxygen atoms in total. The van der Waals surface area contributed by atoms with E-state index < -0.39 is 0 Å². The van der Waals surface area contributed by atoms with E-state index in [9.17, 15) is 4.79 Å². The predicted molar refractivity (Wildman–Crippen MR) is 110 cm³/mol. The number of halogens is 1. The van der Waals surface area contributed by atoms with Crippen LogP contribution in [-0.4, -0.2) is 25.0 Å². The van der Waals surface area contributed by atoms with Crippen molar-refractivity contribution in [2.45, 2.75) is 66.3 Å². The van der Waals surface area contributed by atoms with E-state index in [1.54, 1.807) is 0 Å². The zero-order valence-electron chi connectivity index (χ0n) is 16.8. The summed E-state index contributed by atoms with van der Waals surface area (Å²) in [5, 5.41) is 6.57. The van der Waals surface area contributed by atoms with Gasteiger partial charge in [0.1, 0.15) is 0 Å². The Labute approximate surface area is 161 Å². The summed E-state index contributed by atoms with van der Waals surface area (Å²) in [6, 6.07) is 0.198. The molecule has 0 aromatic rings. The molecule has 1 saturated carbocycles. The summed E-state index contributed by atoms with van der Waals surface area (Å²) in [5.74, 6) is 2.67. The minimum atomic E-state index is 0. The van der Waals surface area contributed by atoms with Crippen molar-refractivity contribution in [1.82, 2.24) is 10.6 Å². The van der Waals surface area contributed by atoms with Gasteiger partial charge >= 0.3 is 0 Å². The first-order valence-electron chi connectivity index (χ1n) is 9.66. The molecule has 0 aromatic heterocycles. The fourth-order valence-electron chi connectivity index (χ4n) is 3.97. The van der Waals surface area contributed by atoms with Crippen molar-refractivity contribution in [2.24, 2.45) is 35.3 Å². The normalized spacial score (nSPS) is 24.6. The molecule has 0 spiro atoms. The van der Waals surface area contributed by atoms with Crippen molar-refractivity contribution in [2.75, 3.05) is 13.1 Å². The molecule has 25 heavy (non-hydrogen) atoms. The van der Waals surface area contributed by atoms with Crippen LogP contribution in [0.5, 0.6) is 0 Å². The van der Waals surface area contributed by atoms with Gasteiger partial charge in [0.05, 0.1) is 0 Å². The van der Waals surface area contributed by atoms with Gasteiger partial charge in [-0.05, 0) is 42.9 Å². The van der Waals surface area contributed by atoms with Gasteiger partial charge in [-0.1, -0.05) is 47.6 Å². The highest BCUT2D eigenvalue weighted by Gasteiger charge is 2.35. The molecule has 5 heteroatoms. The van der Waals surface area contributed by atoms with E-state index in [2.05, 4.69) is 51.8 Å². The first-order chi connectivity index (χ1) is 11.2. The van der Waals surface area contributed by atoms with Crippen LogP contribution in [0.4, 0.5) is 0 Å². The summed E-state index contributed by atoms with van der Waals surface area (Å²) in [6.45, 7) is 16.2. The SMILES string of the molecule is C=C(CN)N[C@H](CNC(=O)[C@@H]1C[C@H](C)CC[C@H]1C(C)C)CC(C)C.Cl. The zero-order valence-corrected chi connectivity index (χ0v) is 17.6. The summed E-state index contributed by atoms with van der Waals surface area (Å²) >= 11 is 0. The van der Waals surface area contributed by atoms with Crippen molar-refractivity contribution in [3.63, 3.8) is 0 Å². The average molecular weight is 374 g/mol. The summed E-state index contributed by atoms with van der Waals surface area (Å²) < 4.78 is 0. The third-order valence-corrected chi connectivity index (χ3v) is 5.29. The molecule has 4 atom stereocenters. The number of rotatable bonds is 9. The number of hydrogen-bond acceptors (Lipinski definition) is 3. The molecule has 0 aromatic carbocycles. The quantitative estimate of drug-likeness (QED) is 0.577. The van der Waals surface area contributed by atoms with Crippen molar-refractivity contribution >= 4 is 18.3 Å². The minimum Gasteiger partial charge on any atom is -0.383 e. The van der Waals surface area contributed by atoms with Crippen molar-refractivity contribution < 1.29 is 4.79 Å². The topological polar surface area (TPSA) is 67.2 Å². The number of hydrogen-bond donors (Lipinski definition) is 3. The molecule has 0 radical (unpaired) electrons.